The lowest BCUT2D eigenvalue weighted by Crippen LogP contribution is -2.40. The molecule has 0 aliphatic carbocycles. The Bertz CT molecular complexity index is 299. The molecule has 0 aromatic carbocycles. The molecule has 0 heterocycles. The van der Waals surface area contributed by atoms with Crippen molar-refractivity contribution in [3.05, 3.63) is 0 Å². The summed E-state index contributed by atoms with van der Waals surface area (Å²) in [5.41, 5.74) is 0. The van der Waals surface area contributed by atoms with Crippen molar-refractivity contribution < 1.29 is 23.9 Å². The van der Waals surface area contributed by atoms with E-state index < -0.39 is 18.2 Å². The van der Waals surface area contributed by atoms with Gasteiger partial charge in [-0.2, -0.15) is 0 Å². The first-order valence-corrected chi connectivity index (χ1v) is 6.56. The maximum absolute atomic E-state index is 12.1. The largest absolute Gasteiger partial charge is 0.428 e. The van der Waals surface area contributed by atoms with Crippen LogP contribution in [-0.4, -0.2) is 42.6 Å². The zero-order valence-electron chi connectivity index (χ0n) is 12.0. The average Bonchev–Trinajstić information content (AvgIpc) is 2.37. The zero-order valence-corrected chi connectivity index (χ0v) is 12.0. The van der Waals surface area contributed by atoms with E-state index in [0.29, 0.717) is 13.1 Å². The fourth-order valence-corrected chi connectivity index (χ4v) is 1.62. The Balaban J connectivity index is 4.50. The summed E-state index contributed by atoms with van der Waals surface area (Å²) in [4.78, 5) is 35.6. The van der Waals surface area contributed by atoms with Gasteiger partial charge < -0.3 is 14.4 Å². The maximum atomic E-state index is 12.1. The summed E-state index contributed by atoms with van der Waals surface area (Å²) in [5, 5.41) is 0. The predicted octanol–water partition coefficient (Wildman–Crippen LogP) is 1.33. The first-order chi connectivity index (χ1) is 8.97. The summed E-state index contributed by atoms with van der Waals surface area (Å²) in [5.74, 6) is -1.83. The number of hydrogen-bond acceptors (Lipinski definition) is 5. The van der Waals surface area contributed by atoms with Crippen LogP contribution in [0.25, 0.3) is 0 Å². The van der Waals surface area contributed by atoms with Gasteiger partial charge in [0.15, 0.2) is 0 Å². The van der Waals surface area contributed by atoms with E-state index in [0.717, 1.165) is 12.8 Å². The molecule has 1 amide bonds. The van der Waals surface area contributed by atoms with Crippen LogP contribution < -0.4 is 0 Å². The molecule has 6 nitrogen and oxygen atoms in total. The minimum Gasteiger partial charge on any atom is -0.428 e. The summed E-state index contributed by atoms with van der Waals surface area (Å²) < 4.78 is 9.29. The smallest absolute Gasteiger partial charge is 0.321 e. The van der Waals surface area contributed by atoms with Gasteiger partial charge in [-0.3, -0.25) is 14.4 Å². The molecule has 2 atom stereocenters. The number of hydrogen-bond donors (Lipinski definition) is 0. The van der Waals surface area contributed by atoms with E-state index in [1.54, 1.807) is 4.90 Å². The molecule has 0 aromatic rings. The van der Waals surface area contributed by atoms with Gasteiger partial charge in [0.2, 0.25) is 12.2 Å². The minimum atomic E-state index is -0.981. The Kier molecular flexibility index (Phi) is 8.57. The quantitative estimate of drug-likeness (QED) is 0.274. The van der Waals surface area contributed by atoms with Crippen molar-refractivity contribution >= 4 is 18.3 Å². The normalized spacial score (nSPS) is 13.3. The molecule has 6 heteroatoms. The second kappa shape index (κ2) is 9.35. The third-order valence-electron chi connectivity index (χ3n) is 2.55. The molecule has 110 valence electrons. The lowest BCUT2D eigenvalue weighted by Gasteiger charge is -2.24. The summed E-state index contributed by atoms with van der Waals surface area (Å²) in [6.45, 7) is 8.29. The van der Waals surface area contributed by atoms with Gasteiger partial charge >= 0.3 is 5.97 Å². The average molecular weight is 273 g/mol. The van der Waals surface area contributed by atoms with Gasteiger partial charge in [0, 0.05) is 20.0 Å². The van der Waals surface area contributed by atoms with Crippen molar-refractivity contribution in [2.75, 3.05) is 13.1 Å². The van der Waals surface area contributed by atoms with E-state index >= 15 is 0 Å². The number of rotatable bonds is 9. The lowest BCUT2D eigenvalue weighted by molar-refractivity contribution is -0.181. The van der Waals surface area contributed by atoms with Crippen LogP contribution in [0.4, 0.5) is 0 Å². The molecule has 0 aliphatic heterocycles. The molecule has 0 bridgehead atoms. The number of esters is 1. The fraction of sp³-hybridized carbons (Fsp3) is 0.769. The van der Waals surface area contributed by atoms with Crippen LogP contribution in [0.15, 0.2) is 0 Å². The molecule has 0 rings (SSSR count). The second-order valence-corrected chi connectivity index (χ2v) is 4.28. The van der Waals surface area contributed by atoms with Crippen LogP contribution in [0.5, 0.6) is 0 Å². The molecule has 0 saturated carbocycles. The number of nitrogens with zero attached hydrogens (tertiary/aromatic N) is 1. The van der Waals surface area contributed by atoms with Gasteiger partial charge in [0.1, 0.15) is 5.92 Å². The van der Waals surface area contributed by atoms with E-state index in [9.17, 15) is 14.4 Å². The van der Waals surface area contributed by atoms with Crippen LogP contribution in [0, 0.1) is 5.92 Å². The van der Waals surface area contributed by atoms with Crippen molar-refractivity contribution in [1.29, 1.82) is 0 Å². The molecule has 2 unspecified atom stereocenters. The van der Waals surface area contributed by atoms with Gasteiger partial charge in [-0.25, -0.2) is 0 Å². The standard InChI is InChI=1S/C13H23NO5/c1-5-7-14(8-6-2)12(16)10(3)13(17)19-11(4)18-9-15/h9-11H,5-8H2,1-4H3. The highest BCUT2D eigenvalue weighted by Gasteiger charge is 2.28. The topological polar surface area (TPSA) is 72.9 Å². The van der Waals surface area contributed by atoms with Gasteiger partial charge in [-0.1, -0.05) is 13.8 Å². The Labute approximate surface area is 114 Å². The summed E-state index contributed by atoms with van der Waals surface area (Å²) in [6.07, 6.45) is 0.683. The highest BCUT2D eigenvalue weighted by Crippen LogP contribution is 2.08. The molecule has 0 saturated heterocycles. The van der Waals surface area contributed by atoms with Crippen molar-refractivity contribution in [2.45, 2.75) is 46.8 Å². The predicted molar refractivity (Wildman–Crippen MR) is 69.0 cm³/mol. The van der Waals surface area contributed by atoms with E-state index in [4.69, 9.17) is 4.74 Å². The van der Waals surface area contributed by atoms with E-state index in [2.05, 4.69) is 4.74 Å². The van der Waals surface area contributed by atoms with E-state index in [1.807, 2.05) is 13.8 Å². The maximum Gasteiger partial charge on any atom is 0.321 e. The molecule has 0 radical (unpaired) electrons. The van der Waals surface area contributed by atoms with Crippen molar-refractivity contribution in [3.8, 4) is 0 Å². The van der Waals surface area contributed by atoms with E-state index in [1.165, 1.54) is 13.8 Å². The van der Waals surface area contributed by atoms with Crippen LogP contribution >= 0.6 is 0 Å². The van der Waals surface area contributed by atoms with Crippen molar-refractivity contribution in [3.63, 3.8) is 0 Å². The van der Waals surface area contributed by atoms with Crippen LogP contribution in [0.2, 0.25) is 0 Å². The van der Waals surface area contributed by atoms with Crippen LogP contribution in [0.3, 0.4) is 0 Å². The molecule has 0 N–H and O–H groups in total. The van der Waals surface area contributed by atoms with Gasteiger partial charge in [0.05, 0.1) is 0 Å². The van der Waals surface area contributed by atoms with Crippen LogP contribution in [0.1, 0.15) is 40.5 Å². The monoisotopic (exact) mass is 273 g/mol. The Morgan fingerprint density at radius 3 is 2.11 bits per heavy atom. The summed E-state index contributed by atoms with van der Waals surface area (Å²) >= 11 is 0. The molecule has 0 aromatic heterocycles. The summed E-state index contributed by atoms with van der Waals surface area (Å²) in [6, 6.07) is 0. The summed E-state index contributed by atoms with van der Waals surface area (Å²) in [7, 11) is 0. The van der Waals surface area contributed by atoms with Crippen molar-refractivity contribution in [2.24, 2.45) is 5.92 Å². The molecule has 19 heavy (non-hydrogen) atoms. The van der Waals surface area contributed by atoms with Gasteiger partial charge in [-0.05, 0) is 19.8 Å². The second-order valence-electron chi connectivity index (χ2n) is 4.28. The Morgan fingerprint density at radius 2 is 1.68 bits per heavy atom. The van der Waals surface area contributed by atoms with E-state index in [-0.39, 0.29) is 12.4 Å². The molecule has 0 aliphatic rings. The SMILES string of the molecule is CCCN(CCC)C(=O)C(C)C(=O)OC(C)OC=O. The highest BCUT2D eigenvalue weighted by molar-refractivity contribution is 5.97. The number of ether oxygens (including phenoxy) is 2. The van der Waals surface area contributed by atoms with Gasteiger partial charge in [0.25, 0.3) is 6.47 Å². The molecule has 0 spiro atoms. The Hall–Kier alpha value is -1.59. The number of carbonyl (C=O) groups excluding carboxylic acids is 3. The first kappa shape index (κ1) is 17.4. The van der Waals surface area contributed by atoms with Gasteiger partial charge in [-0.15, -0.1) is 0 Å². The van der Waals surface area contributed by atoms with Crippen molar-refractivity contribution in [1.82, 2.24) is 4.90 Å². The third-order valence-corrected chi connectivity index (χ3v) is 2.55. The fourth-order valence-electron chi connectivity index (χ4n) is 1.62. The highest BCUT2D eigenvalue weighted by atomic mass is 16.7. The molecular weight excluding hydrogens is 250 g/mol. The minimum absolute atomic E-state index is 0.199. The van der Waals surface area contributed by atoms with Crippen LogP contribution in [-0.2, 0) is 23.9 Å². The lowest BCUT2D eigenvalue weighted by atomic mass is 10.1. The third kappa shape index (κ3) is 6.22. The Morgan fingerprint density at radius 1 is 1.16 bits per heavy atom. The molecule has 0 fully saturated rings. The molecular formula is C13H23NO5. The first-order valence-electron chi connectivity index (χ1n) is 6.56. The number of amides is 1. The number of carbonyl (C=O) groups is 3. The zero-order chi connectivity index (χ0) is 14.8.